The van der Waals surface area contributed by atoms with Crippen molar-refractivity contribution < 1.29 is 18.9 Å². The predicted molar refractivity (Wildman–Crippen MR) is 59.3 cm³/mol. The number of rotatable bonds is 0. The van der Waals surface area contributed by atoms with Gasteiger partial charge in [-0.1, -0.05) is 33.6 Å². The van der Waals surface area contributed by atoms with Crippen molar-refractivity contribution in [1.29, 1.82) is 0 Å². The fraction of sp³-hybridized carbons (Fsp3) is 1.00. The molecule has 0 saturated heterocycles. The molecule has 0 rings (SSSR count). The molecule has 0 aromatic carbocycles. The van der Waals surface area contributed by atoms with E-state index >= 15 is 0 Å². The third-order valence-corrected chi connectivity index (χ3v) is 0. The predicted octanol–water partition coefficient (Wildman–Crippen LogP) is 0.965. The van der Waals surface area contributed by atoms with Gasteiger partial charge in [-0.25, -0.2) is 0 Å². The van der Waals surface area contributed by atoms with Crippen LogP contribution in [0.15, 0.2) is 0 Å². The SMILES string of the molecule is C.C[Si-](C)C.C[Si](C)(C)C.[Li+]. The molecule has 0 spiro atoms. The third kappa shape index (κ3) is 846. The smallest absolute Gasteiger partial charge is 0.271 e. The zero-order valence-corrected chi connectivity index (χ0v) is 11.0. The molecule has 66 valence electrons. The molecule has 11 heavy (non-hydrogen) atoms. The fourth-order valence-corrected chi connectivity index (χ4v) is 0. The summed E-state index contributed by atoms with van der Waals surface area (Å²) in [5.41, 5.74) is 0. The maximum absolute atomic E-state index is 2.33. The van der Waals surface area contributed by atoms with Crippen molar-refractivity contribution in [2.24, 2.45) is 0 Å². The molecule has 0 aromatic rings. The minimum absolute atomic E-state index is 0. The molecule has 0 heterocycles. The molecule has 0 aliphatic heterocycles. The van der Waals surface area contributed by atoms with Crippen LogP contribution in [0.5, 0.6) is 0 Å². The van der Waals surface area contributed by atoms with Crippen molar-refractivity contribution in [3.05, 3.63) is 0 Å². The Kier molecular flexibility index (Phi) is 22.8. The minimum atomic E-state index is -0.611. The fourth-order valence-electron chi connectivity index (χ4n) is 0. The second-order valence-corrected chi connectivity index (χ2v) is 13.5. The summed E-state index contributed by atoms with van der Waals surface area (Å²) in [6.07, 6.45) is 0. The molecule has 0 fully saturated rings. The molecular weight excluding hydrogens is 159 g/mol. The zero-order chi connectivity index (χ0) is 8.08. The molecule has 0 aliphatic rings. The molecule has 0 bridgehead atoms. The van der Waals surface area contributed by atoms with Crippen molar-refractivity contribution in [3.63, 3.8) is 0 Å². The van der Waals surface area contributed by atoms with Gasteiger partial charge in [0.2, 0.25) is 0 Å². The average Bonchev–Trinajstić information content (AvgIpc) is 1.19. The Morgan fingerprint density at radius 3 is 0.818 bits per heavy atom. The van der Waals surface area contributed by atoms with Crippen LogP contribution >= 0.6 is 0 Å². The van der Waals surface area contributed by atoms with Crippen LogP contribution in [0.1, 0.15) is 7.43 Å². The van der Waals surface area contributed by atoms with E-state index in [-0.39, 0.29) is 35.1 Å². The Morgan fingerprint density at radius 1 is 0.818 bits per heavy atom. The van der Waals surface area contributed by atoms with Crippen molar-refractivity contribution in [2.75, 3.05) is 0 Å². The first-order valence-electron chi connectivity index (χ1n) is 3.50. The first kappa shape index (κ1) is 22.7. The van der Waals surface area contributed by atoms with E-state index in [2.05, 4.69) is 45.8 Å². The van der Waals surface area contributed by atoms with E-state index in [1.165, 1.54) is 0 Å². The van der Waals surface area contributed by atoms with Gasteiger partial charge in [0.15, 0.2) is 0 Å². The molecule has 0 saturated carbocycles. The normalized spacial score (nSPS) is 8.73. The number of hydrogen-bond donors (Lipinski definition) is 0. The van der Waals surface area contributed by atoms with Crippen LogP contribution in [0.4, 0.5) is 0 Å². The largest absolute Gasteiger partial charge is 1.00 e. The second kappa shape index (κ2) is 11.0. The maximum atomic E-state index is 2.33. The molecule has 0 atom stereocenters. The zero-order valence-electron chi connectivity index (χ0n) is 9.00. The van der Waals surface area contributed by atoms with Gasteiger partial charge >= 0.3 is 18.9 Å². The summed E-state index contributed by atoms with van der Waals surface area (Å²) >= 11 is 0. The first-order valence-corrected chi connectivity index (χ1v) is 10.5. The van der Waals surface area contributed by atoms with E-state index in [0.717, 1.165) is 0 Å². The second-order valence-electron chi connectivity index (χ2n) is 4.50. The van der Waals surface area contributed by atoms with E-state index in [1.807, 2.05) is 0 Å². The van der Waals surface area contributed by atoms with Gasteiger partial charge in [0.25, 0.3) is 0 Å². The van der Waals surface area contributed by atoms with E-state index in [0.29, 0.717) is 0 Å². The Balaban J connectivity index is -0.0000000383. The van der Waals surface area contributed by atoms with Crippen LogP contribution < -0.4 is 18.9 Å². The summed E-state index contributed by atoms with van der Waals surface area (Å²) in [5.74, 6) is 0. The monoisotopic (exact) mass is 184 g/mol. The van der Waals surface area contributed by atoms with Gasteiger partial charge in [-0.3, -0.25) is 8.80 Å². The summed E-state index contributed by atoms with van der Waals surface area (Å²) in [6, 6.07) is 0. The summed E-state index contributed by atoms with van der Waals surface area (Å²) in [7, 11) is -0.491. The van der Waals surface area contributed by atoms with Crippen LogP contribution in [0, 0.1) is 0 Å². The van der Waals surface area contributed by atoms with Gasteiger partial charge in [0, 0.05) is 8.07 Å². The summed E-state index contributed by atoms with van der Waals surface area (Å²) in [4.78, 5) is 0. The van der Waals surface area contributed by atoms with Crippen molar-refractivity contribution >= 4 is 16.9 Å². The van der Waals surface area contributed by atoms with E-state index < -0.39 is 8.07 Å². The van der Waals surface area contributed by atoms with Crippen LogP contribution in [0.25, 0.3) is 0 Å². The maximum Gasteiger partial charge on any atom is 1.00 e. The van der Waals surface area contributed by atoms with Gasteiger partial charge in [-0.05, 0) is 0 Å². The van der Waals surface area contributed by atoms with Gasteiger partial charge < -0.3 is 0 Å². The summed E-state index contributed by atoms with van der Waals surface area (Å²) < 4.78 is 0. The Bertz CT molecular complexity index is 48.8. The average molecular weight is 184 g/mol. The summed E-state index contributed by atoms with van der Waals surface area (Å²) in [5, 5.41) is 0. The van der Waals surface area contributed by atoms with Crippen LogP contribution in [0.3, 0.4) is 0 Å². The van der Waals surface area contributed by atoms with E-state index in [4.69, 9.17) is 0 Å². The summed E-state index contributed by atoms with van der Waals surface area (Å²) in [6.45, 7) is 16.1. The van der Waals surface area contributed by atoms with Crippen molar-refractivity contribution in [1.82, 2.24) is 0 Å². The molecule has 0 aliphatic carbocycles. The van der Waals surface area contributed by atoms with Gasteiger partial charge in [0.1, 0.15) is 0 Å². The molecule has 0 nitrogen and oxygen atoms in total. The van der Waals surface area contributed by atoms with E-state index in [1.54, 1.807) is 0 Å². The topological polar surface area (TPSA) is 0 Å². The Hall–Kier alpha value is 1.03. The van der Waals surface area contributed by atoms with Crippen molar-refractivity contribution in [2.45, 2.75) is 53.3 Å². The standard InChI is InChI=1S/C4H12Si.C3H9Si.CH4.Li/c1-5(2,3)4;1-4(2)3;;/h1-4H3;1-3H3;1H4;/q;-1;;+1. The van der Waals surface area contributed by atoms with Crippen LogP contribution in [-0.2, 0) is 0 Å². The van der Waals surface area contributed by atoms with Crippen LogP contribution in [0.2, 0.25) is 45.8 Å². The van der Waals surface area contributed by atoms with Gasteiger partial charge in [-0.15, -0.1) is 0 Å². The Labute approximate surface area is 89.0 Å². The Morgan fingerprint density at radius 2 is 0.818 bits per heavy atom. The number of hydrogen-bond acceptors (Lipinski definition) is 0. The molecule has 0 aromatic heterocycles. The quantitative estimate of drug-likeness (QED) is 0.492. The van der Waals surface area contributed by atoms with Gasteiger partial charge in [-0.2, -0.15) is 19.6 Å². The third-order valence-electron chi connectivity index (χ3n) is 0. The van der Waals surface area contributed by atoms with Crippen LogP contribution in [-0.4, -0.2) is 16.9 Å². The molecule has 3 heteroatoms. The molecular formula is C8H25LiSi2. The van der Waals surface area contributed by atoms with Crippen molar-refractivity contribution in [3.8, 4) is 0 Å². The van der Waals surface area contributed by atoms with Gasteiger partial charge in [0.05, 0.1) is 0 Å². The minimum Gasteiger partial charge on any atom is -0.271 e. The molecule has 0 N–H and O–H groups in total. The molecule has 0 amide bonds. The molecule has 0 radical (unpaired) electrons. The van der Waals surface area contributed by atoms with E-state index in [9.17, 15) is 0 Å². The molecule has 0 unspecified atom stereocenters. The first-order chi connectivity index (χ1) is 3.73.